The van der Waals surface area contributed by atoms with E-state index < -0.39 is 0 Å². The second-order valence-electron chi connectivity index (χ2n) is 3.66. The zero-order valence-electron chi connectivity index (χ0n) is 8.54. The minimum atomic E-state index is 0.555. The van der Waals surface area contributed by atoms with Crippen molar-refractivity contribution in [3.63, 3.8) is 0 Å². The van der Waals surface area contributed by atoms with Gasteiger partial charge in [0.1, 0.15) is 0 Å². The molecule has 1 rings (SSSR count). The van der Waals surface area contributed by atoms with Crippen molar-refractivity contribution in [2.45, 2.75) is 20.8 Å². The molecule has 2 N–H and O–H groups in total. The van der Waals surface area contributed by atoms with Gasteiger partial charge in [0.2, 0.25) is 0 Å². The monoisotopic (exact) mass is 175 g/mol. The molecular weight excluding hydrogens is 158 g/mol. The van der Waals surface area contributed by atoms with E-state index in [1.54, 1.807) is 6.20 Å². The van der Waals surface area contributed by atoms with Gasteiger partial charge in [-0.2, -0.15) is 0 Å². The van der Waals surface area contributed by atoms with Crippen LogP contribution in [0.3, 0.4) is 0 Å². The lowest BCUT2D eigenvalue weighted by Gasteiger charge is -1.99. The minimum absolute atomic E-state index is 0.555. The highest BCUT2D eigenvalue weighted by atomic mass is 14.5. The van der Waals surface area contributed by atoms with Crippen molar-refractivity contribution in [3.8, 4) is 0 Å². The van der Waals surface area contributed by atoms with Gasteiger partial charge in [0.25, 0.3) is 0 Å². The van der Waals surface area contributed by atoms with Crippen molar-refractivity contribution in [3.05, 3.63) is 34.2 Å². The molecule has 13 heavy (non-hydrogen) atoms. The van der Waals surface area contributed by atoms with Gasteiger partial charge < -0.3 is 5.73 Å². The van der Waals surface area contributed by atoms with Crippen LogP contribution in [-0.4, -0.2) is 0 Å². The highest BCUT2D eigenvalue weighted by Crippen LogP contribution is 1.93. The number of hydrogen-bond donors (Lipinski definition) is 1. The van der Waals surface area contributed by atoms with E-state index in [0.717, 1.165) is 5.22 Å². The van der Waals surface area contributed by atoms with E-state index in [9.17, 15) is 0 Å². The molecule has 0 spiro atoms. The first kappa shape index (κ1) is 9.85. The largest absolute Gasteiger partial charge is 0.404 e. The van der Waals surface area contributed by atoms with Gasteiger partial charge in [-0.25, -0.2) is 0 Å². The predicted octanol–water partition coefficient (Wildman–Crippen LogP) is 1.13. The molecule has 0 heterocycles. The first-order valence-electron chi connectivity index (χ1n) is 4.64. The molecule has 0 amide bonds. The zero-order chi connectivity index (χ0) is 9.84. The molecule has 1 aromatic carbocycles. The first-order valence-corrected chi connectivity index (χ1v) is 4.64. The SMILES string of the molecule is Cc1cccc(=C/N)/c1=C/C(C)C. The van der Waals surface area contributed by atoms with Gasteiger partial charge in [-0.3, -0.25) is 0 Å². The summed E-state index contributed by atoms with van der Waals surface area (Å²) in [6, 6.07) is 6.19. The third-order valence-corrected chi connectivity index (χ3v) is 2.04. The van der Waals surface area contributed by atoms with Crippen molar-refractivity contribution < 1.29 is 0 Å². The summed E-state index contributed by atoms with van der Waals surface area (Å²) in [4.78, 5) is 0. The molecule has 1 nitrogen and oxygen atoms in total. The van der Waals surface area contributed by atoms with Gasteiger partial charge in [0, 0.05) is 6.20 Å². The van der Waals surface area contributed by atoms with E-state index in [1.807, 2.05) is 12.1 Å². The maximum atomic E-state index is 5.55. The van der Waals surface area contributed by atoms with Crippen LogP contribution in [0.2, 0.25) is 0 Å². The van der Waals surface area contributed by atoms with E-state index in [4.69, 9.17) is 5.73 Å². The lowest BCUT2D eigenvalue weighted by Crippen LogP contribution is -2.28. The van der Waals surface area contributed by atoms with Gasteiger partial charge in [-0.1, -0.05) is 38.1 Å². The Kier molecular flexibility index (Phi) is 3.13. The maximum Gasteiger partial charge on any atom is 0.00175 e. The standard InChI is InChI=1S/C12H17N/c1-9(2)7-12-10(3)5-4-6-11(12)8-13/h4-9H,13H2,1-3H3/b11-8-,12-7+. The highest BCUT2D eigenvalue weighted by molar-refractivity contribution is 5.35. The third kappa shape index (κ3) is 2.35. The Bertz CT molecular complexity index is 388. The van der Waals surface area contributed by atoms with Crippen LogP contribution in [0.25, 0.3) is 12.3 Å². The summed E-state index contributed by atoms with van der Waals surface area (Å²) in [5, 5.41) is 2.38. The van der Waals surface area contributed by atoms with Crippen molar-refractivity contribution in [2.24, 2.45) is 11.7 Å². The molecule has 0 aromatic heterocycles. The molecule has 0 saturated carbocycles. The average molecular weight is 175 g/mol. The molecule has 0 aliphatic rings. The minimum Gasteiger partial charge on any atom is -0.404 e. The zero-order valence-corrected chi connectivity index (χ0v) is 8.54. The van der Waals surface area contributed by atoms with E-state index >= 15 is 0 Å². The first-order chi connectivity index (χ1) is 6.15. The van der Waals surface area contributed by atoms with Crippen molar-refractivity contribution >= 4 is 12.3 Å². The predicted molar refractivity (Wildman–Crippen MR) is 58.4 cm³/mol. The summed E-state index contributed by atoms with van der Waals surface area (Å²) >= 11 is 0. The van der Waals surface area contributed by atoms with Gasteiger partial charge in [-0.15, -0.1) is 0 Å². The maximum absolute atomic E-state index is 5.55. The fourth-order valence-corrected chi connectivity index (χ4v) is 1.41. The summed E-state index contributed by atoms with van der Waals surface area (Å²) in [6.07, 6.45) is 3.91. The molecule has 0 aliphatic heterocycles. The number of rotatable bonds is 1. The molecular formula is C12H17N. The van der Waals surface area contributed by atoms with Crippen molar-refractivity contribution in [2.75, 3.05) is 0 Å². The lowest BCUT2D eigenvalue weighted by molar-refractivity contribution is 0.879. The summed E-state index contributed by atoms with van der Waals surface area (Å²) in [5.74, 6) is 0.555. The van der Waals surface area contributed by atoms with Gasteiger partial charge in [0.15, 0.2) is 0 Å². The third-order valence-electron chi connectivity index (χ3n) is 2.04. The van der Waals surface area contributed by atoms with Crippen LogP contribution >= 0.6 is 0 Å². The van der Waals surface area contributed by atoms with E-state index in [2.05, 4.69) is 32.9 Å². The number of aryl methyl sites for hydroxylation is 1. The fourth-order valence-electron chi connectivity index (χ4n) is 1.41. The number of nitrogens with two attached hydrogens (primary N) is 1. The van der Waals surface area contributed by atoms with Crippen LogP contribution in [-0.2, 0) is 0 Å². The molecule has 0 aliphatic carbocycles. The van der Waals surface area contributed by atoms with Crippen molar-refractivity contribution in [1.29, 1.82) is 0 Å². The molecule has 0 saturated heterocycles. The number of hydrogen-bond acceptors (Lipinski definition) is 1. The molecule has 1 aromatic rings. The second kappa shape index (κ2) is 4.13. The summed E-state index contributed by atoms with van der Waals surface area (Å²) in [7, 11) is 0. The van der Waals surface area contributed by atoms with Crippen molar-refractivity contribution in [1.82, 2.24) is 0 Å². The van der Waals surface area contributed by atoms with E-state index in [-0.39, 0.29) is 0 Å². The Morgan fingerprint density at radius 3 is 2.54 bits per heavy atom. The molecule has 0 bridgehead atoms. The molecule has 1 heteroatoms. The van der Waals surface area contributed by atoms with Crippen LogP contribution in [0.1, 0.15) is 19.4 Å². The Hall–Kier alpha value is -1.24. The smallest absolute Gasteiger partial charge is 0.00175 e. The average Bonchev–Trinajstić information content (AvgIpc) is 2.08. The molecule has 0 radical (unpaired) electrons. The van der Waals surface area contributed by atoms with Gasteiger partial charge in [0.05, 0.1) is 0 Å². The summed E-state index contributed by atoms with van der Waals surface area (Å²) in [6.45, 7) is 6.46. The van der Waals surface area contributed by atoms with Gasteiger partial charge in [-0.05, 0) is 28.8 Å². The molecule has 70 valence electrons. The Labute approximate surface area is 79.6 Å². The van der Waals surface area contributed by atoms with Crippen LogP contribution in [0, 0.1) is 12.8 Å². The Morgan fingerprint density at radius 1 is 1.31 bits per heavy atom. The second-order valence-corrected chi connectivity index (χ2v) is 3.66. The Morgan fingerprint density at radius 2 is 2.00 bits per heavy atom. The van der Waals surface area contributed by atoms with E-state index in [1.165, 1.54) is 10.8 Å². The normalized spacial score (nSPS) is 14.2. The van der Waals surface area contributed by atoms with Crippen LogP contribution in [0.5, 0.6) is 0 Å². The topological polar surface area (TPSA) is 26.0 Å². The van der Waals surface area contributed by atoms with E-state index in [0.29, 0.717) is 5.92 Å². The summed E-state index contributed by atoms with van der Waals surface area (Å²) < 4.78 is 0. The number of benzene rings is 1. The van der Waals surface area contributed by atoms with Crippen LogP contribution in [0.15, 0.2) is 18.2 Å². The highest BCUT2D eigenvalue weighted by Gasteiger charge is 1.91. The molecule has 0 fully saturated rings. The molecule has 0 atom stereocenters. The quantitative estimate of drug-likeness (QED) is 0.680. The summed E-state index contributed by atoms with van der Waals surface area (Å²) in [5.41, 5.74) is 6.84. The van der Waals surface area contributed by atoms with Gasteiger partial charge >= 0.3 is 0 Å². The molecule has 0 unspecified atom stereocenters. The fraction of sp³-hybridized carbons (Fsp3) is 0.333. The Balaban J connectivity index is 3.50. The lowest BCUT2D eigenvalue weighted by atomic mass is 10.1. The van der Waals surface area contributed by atoms with Crippen LogP contribution < -0.4 is 16.2 Å². The van der Waals surface area contributed by atoms with Crippen LogP contribution in [0.4, 0.5) is 0 Å².